The van der Waals surface area contributed by atoms with Crippen molar-refractivity contribution in [2.45, 2.75) is 0 Å². The van der Waals surface area contributed by atoms with Gasteiger partial charge in [-0.1, -0.05) is 72.8 Å². The molecule has 0 spiro atoms. The molecular weight excluding hydrogens is 378 g/mol. The lowest BCUT2D eigenvalue weighted by atomic mass is 9.98. The quantitative estimate of drug-likeness (QED) is 0.298. The summed E-state index contributed by atoms with van der Waals surface area (Å²) in [7, 11) is 2.11. The van der Waals surface area contributed by atoms with Gasteiger partial charge in [0.15, 0.2) is 0 Å². The number of hydrogen-bond donors (Lipinski definition) is 0. The number of rotatable bonds is 3. The lowest BCUT2D eigenvalue weighted by Gasteiger charge is -2.20. The molecule has 0 unspecified atom stereocenters. The second kappa shape index (κ2) is 7.03. The van der Waals surface area contributed by atoms with E-state index in [-0.39, 0.29) is 0 Å². The topological polar surface area (TPSA) is 16.4 Å². The maximum atomic E-state index is 5.97. The van der Waals surface area contributed by atoms with Gasteiger partial charge in [0, 0.05) is 29.2 Å². The maximum absolute atomic E-state index is 5.97. The van der Waals surface area contributed by atoms with Crippen molar-refractivity contribution in [2.75, 3.05) is 11.9 Å². The zero-order valence-corrected chi connectivity index (χ0v) is 17.2. The van der Waals surface area contributed by atoms with Crippen LogP contribution in [0.3, 0.4) is 0 Å². The van der Waals surface area contributed by atoms with Crippen molar-refractivity contribution in [1.82, 2.24) is 0 Å². The predicted molar refractivity (Wildman–Crippen MR) is 131 cm³/mol. The molecule has 0 radical (unpaired) electrons. The summed E-state index contributed by atoms with van der Waals surface area (Å²) in [6.07, 6.45) is 0. The monoisotopic (exact) mass is 399 g/mol. The van der Waals surface area contributed by atoms with Gasteiger partial charge in [-0.25, -0.2) is 0 Å². The van der Waals surface area contributed by atoms with Gasteiger partial charge in [0.25, 0.3) is 0 Å². The average molecular weight is 399 g/mol. The van der Waals surface area contributed by atoms with E-state index in [0.717, 1.165) is 33.3 Å². The third-order valence-corrected chi connectivity index (χ3v) is 6.10. The van der Waals surface area contributed by atoms with Crippen molar-refractivity contribution >= 4 is 44.1 Å². The summed E-state index contributed by atoms with van der Waals surface area (Å²) < 4.78 is 5.97. The van der Waals surface area contributed by atoms with Gasteiger partial charge in [-0.05, 0) is 58.3 Å². The van der Waals surface area contributed by atoms with E-state index in [0.29, 0.717) is 0 Å². The third-order valence-electron chi connectivity index (χ3n) is 6.10. The molecule has 0 atom stereocenters. The summed E-state index contributed by atoms with van der Waals surface area (Å²) in [5, 5.41) is 4.84. The molecule has 0 saturated carbocycles. The van der Waals surface area contributed by atoms with E-state index >= 15 is 0 Å². The molecule has 0 amide bonds. The molecule has 0 bridgehead atoms. The second-order valence-electron chi connectivity index (χ2n) is 7.91. The van der Waals surface area contributed by atoms with Gasteiger partial charge >= 0.3 is 0 Å². The molecule has 2 nitrogen and oxygen atoms in total. The molecular formula is C29H21NO. The fourth-order valence-electron chi connectivity index (χ4n) is 4.41. The molecule has 6 aromatic rings. The van der Waals surface area contributed by atoms with Gasteiger partial charge in [-0.15, -0.1) is 0 Å². The highest BCUT2D eigenvalue weighted by atomic mass is 16.3. The minimum atomic E-state index is 0.921. The van der Waals surface area contributed by atoms with Crippen LogP contribution < -0.4 is 4.90 Å². The van der Waals surface area contributed by atoms with Crippen LogP contribution in [0.25, 0.3) is 43.8 Å². The Morgan fingerprint density at radius 3 is 2.10 bits per heavy atom. The zero-order chi connectivity index (χ0) is 20.8. The van der Waals surface area contributed by atoms with E-state index in [1.54, 1.807) is 0 Å². The summed E-state index contributed by atoms with van der Waals surface area (Å²) in [5.74, 6) is 0. The Hall–Kier alpha value is -4.04. The molecule has 1 aromatic heterocycles. The van der Waals surface area contributed by atoms with Crippen LogP contribution in [0.5, 0.6) is 0 Å². The Morgan fingerprint density at radius 1 is 0.548 bits per heavy atom. The van der Waals surface area contributed by atoms with Crippen LogP contribution in [0.1, 0.15) is 0 Å². The highest BCUT2D eigenvalue weighted by molar-refractivity contribution is 6.06. The number of furan rings is 1. The van der Waals surface area contributed by atoms with Crippen molar-refractivity contribution in [1.29, 1.82) is 0 Å². The first kappa shape index (κ1) is 17.8. The first-order valence-corrected chi connectivity index (χ1v) is 10.5. The van der Waals surface area contributed by atoms with Crippen LogP contribution in [0.15, 0.2) is 114 Å². The fraction of sp³-hybridized carbons (Fsp3) is 0.0345. The third kappa shape index (κ3) is 2.96. The van der Waals surface area contributed by atoms with Crippen molar-refractivity contribution in [2.24, 2.45) is 0 Å². The molecule has 6 rings (SSSR count). The number of benzene rings is 5. The van der Waals surface area contributed by atoms with Gasteiger partial charge in [0.2, 0.25) is 0 Å². The van der Waals surface area contributed by atoms with Gasteiger partial charge in [0.05, 0.1) is 0 Å². The molecule has 0 aliphatic carbocycles. The van der Waals surface area contributed by atoms with Crippen LogP contribution in [-0.2, 0) is 0 Å². The van der Waals surface area contributed by atoms with E-state index in [2.05, 4.69) is 109 Å². The summed E-state index contributed by atoms with van der Waals surface area (Å²) in [4.78, 5) is 2.22. The molecule has 5 aromatic carbocycles. The lowest BCUT2D eigenvalue weighted by Crippen LogP contribution is -2.08. The highest BCUT2D eigenvalue weighted by Crippen LogP contribution is 2.35. The Morgan fingerprint density at radius 2 is 1.23 bits per heavy atom. The first-order chi connectivity index (χ1) is 15.3. The van der Waals surface area contributed by atoms with E-state index in [4.69, 9.17) is 4.42 Å². The Balaban J connectivity index is 1.37. The standard InChI is InChI=1S/C29H21NO/c1-30(23-17-18-29-27(19-23)26-10-4-5-12-28(26)31-29)22-15-13-21(14-16-22)25-11-6-8-20-7-2-3-9-24(20)25/h2-19H,1H3. The molecule has 2 heteroatoms. The summed E-state index contributed by atoms with van der Waals surface area (Å²) in [5.41, 5.74) is 6.62. The van der Waals surface area contributed by atoms with E-state index in [9.17, 15) is 0 Å². The predicted octanol–water partition coefficient (Wildman–Crippen LogP) is 8.17. The van der Waals surface area contributed by atoms with Crippen molar-refractivity contribution in [3.8, 4) is 11.1 Å². The van der Waals surface area contributed by atoms with E-state index < -0.39 is 0 Å². The van der Waals surface area contributed by atoms with Crippen LogP contribution >= 0.6 is 0 Å². The van der Waals surface area contributed by atoms with Crippen LogP contribution in [-0.4, -0.2) is 7.05 Å². The van der Waals surface area contributed by atoms with E-state index in [1.165, 1.54) is 21.9 Å². The largest absolute Gasteiger partial charge is 0.456 e. The molecule has 148 valence electrons. The Bertz CT molecular complexity index is 1540. The minimum absolute atomic E-state index is 0.921. The normalized spacial score (nSPS) is 11.4. The lowest BCUT2D eigenvalue weighted by molar-refractivity contribution is 0.669. The smallest absolute Gasteiger partial charge is 0.135 e. The van der Waals surface area contributed by atoms with E-state index in [1.807, 2.05) is 12.1 Å². The van der Waals surface area contributed by atoms with Crippen LogP contribution in [0, 0.1) is 0 Å². The van der Waals surface area contributed by atoms with Gasteiger partial charge < -0.3 is 9.32 Å². The Kier molecular flexibility index (Phi) is 4.03. The summed E-state index contributed by atoms with van der Waals surface area (Å²) in [6.45, 7) is 0. The molecule has 31 heavy (non-hydrogen) atoms. The molecule has 1 heterocycles. The van der Waals surface area contributed by atoms with Crippen LogP contribution in [0.2, 0.25) is 0 Å². The number of nitrogens with zero attached hydrogens (tertiary/aromatic N) is 1. The minimum Gasteiger partial charge on any atom is -0.456 e. The fourth-order valence-corrected chi connectivity index (χ4v) is 4.41. The molecule has 0 N–H and O–H groups in total. The SMILES string of the molecule is CN(c1ccc(-c2cccc3ccccc23)cc1)c1ccc2oc3ccccc3c2c1. The van der Waals surface area contributed by atoms with Gasteiger partial charge in [-0.2, -0.15) is 0 Å². The average Bonchev–Trinajstić information content (AvgIpc) is 3.21. The Labute approximate surface area is 181 Å². The number of hydrogen-bond acceptors (Lipinski definition) is 2. The van der Waals surface area contributed by atoms with Crippen molar-refractivity contribution in [3.63, 3.8) is 0 Å². The number of fused-ring (bicyclic) bond motifs is 4. The van der Waals surface area contributed by atoms with Gasteiger partial charge in [0.1, 0.15) is 11.2 Å². The second-order valence-corrected chi connectivity index (χ2v) is 7.91. The maximum Gasteiger partial charge on any atom is 0.135 e. The molecule has 0 aliphatic rings. The molecule has 0 saturated heterocycles. The number of anilines is 2. The summed E-state index contributed by atoms with van der Waals surface area (Å²) in [6, 6.07) is 38.4. The summed E-state index contributed by atoms with van der Waals surface area (Å²) >= 11 is 0. The highest BCUT2D eigenvalue weighted by Gasteiger charge is 2.11. The van der Waals surface area contributed by atoms with Crippen molar-refractivity contribution in [3.05, 3.63) is 109 Å². The zero-order valence-electron chi connectivity index (χ0n) is 17.2. The molecule has 0 fully saturated rings. The molecule has 0 aliphatic heterocycles. The van der Waals surface area contributed by atoms with Crippen molar-refractivity contribution < 1.29 is 4.42 Å². The van der Waals surface area contributed by atoms with Crippen LogP contribution in [0.4, 0.5) is 11.4 Å². The first-order valence-electron chi connectivity index (χ1n) is 10.5. The van der Waals surface area contributed by atoms with Gasteiger partial charge in [-0.3, -0.25) is 0 Å². The number of para-hydroxylation sites is 1.